The molecule has 2 aromatic rings. The third-order valence-electron chi connectivity index (χ3n) is 4.64. The minimum atomic E-state index is -0.472. The van der Waals surface area contributed by atoms with Gasteiger partial charge in [-0.3, -0.25) is 14.9 Å². The van der Waals surface area contributed by atoms with Gasteiger partial charge < -0.3 is 10.6 Å². The quantitative estimate of drug-likeness (QED) is 0.636. The molecular weight excluding hydrogens is 360 g/mol. The lowest BCUT2D eigenvalue weighted by atomic mass is 10.1. The maximum Gasteiger partial charge on any atom is 0.276 e. The summed E-state index contributed by atoms with van der Waals surface area (Å²) in [5.74, 6) is 0.115. The summed E-state index contributed by atoms with van der Waals surface area (Å²) < 4.78 is 1.45. The molecule has 2 heterocycles. The minimum Gasteiger partial charge on any atom is -0.334 e. The minimum absolute atomic E-state index is 0. The third kappa shape index (κ3) is 3.54. The van der Waals surface area contributed by atoms with Gasteiger partial charge in [0.2, 0.25) is 0 Å². The van der Waals surface area contributed by atoms with Gasteiger partial charge in [0.1, 0.15) is 0 Å². The normalized spacial score (nSPS) is 19.3. The number of rotatable bonds is 4. The van der Waals surface area contributed by atoms with E-state index in [1.165, 1.54) is 16.8 Å². The highest BCUT2D eigenvalue weighted by molar-refractivity contribution is 5.93. The zero-order valence-electron chi connectivity index (χ0n) is 14.5. The molecule has 1 amide bonds. The highest BCUT2D eigenvalue weighted by Crippen LogP contribution is 2.25. The Morgan fingerprint density at radius 3 is 2.81 bits per heavy atom. The second kappa shape index (κ2) is 7.79. The van der Waals surface area contributed by atoms with Crippen LogP contribution in [0.3, 0.4) is 0 Å². The first kappa shape index (κ1) is 19.8. The fourth-order valence-corrected chi connectivity index (χ4v) is 3.24. The molecule has 0 bridgehead atoms. The number of aromatic nitrogens is 3. The van der Waals surface area contributed by atoms with Crippen LogP contribution < -0.4 is 5.73 Å². The molecule has 1 saturated heterocycles. The van der Waals surface area contributed by atoms with Crippen molar-refractivity contribution >= 4 is 24.0 Å². The zero-order valence-corrected chi connectivity index (χ0v) is 15.3. The average molecular weight is 381 g/mol. The molecule has 0 saturated carbocycles. The number of nitrogens with zero attached hydrogens (tertiary/aromatic N) is 5. The van der Waals surface area contributed by atoms with E-state index in [0.29, 0.717) is 30.4 Å². The summed E-state index contributed by atoms with van der Waals surface area (Å²) in [6.07, 6.45) is 0.875. The van der Waals surface area contributed by atoms with Crippen LogP contribution in [0, 0.1) is 23.0 Å². The summed E-state index contributed by atoms with van der Waals surface area (Å²) in [7, 11) is 0. The third-order valence-corrected chi connectivity index (χ3v) is 4.64. The van der Waals surface area contributed by atoms with Crippen LogP contribution in [0.15, 0.2) is 24.3 Å². The molecule has 140 valence electrons. The smallest absolute Gasteiger partial charge is 0.276 e. The lowest BCUT2D eigenvalue weighted by Gasteiger charge is -2.20. The van der Waals surface area contributed by atoms with E-state index in [4.69, 9.17) is 5.73 Å². The molecule has 0 spiro atoms. The van der Waals surface area contributed by atoms with Crippen LogP contribution in [0.4, 0.5) is 5.69 Å². The van der Waals surface area contributed by atoms with E-state index in [9.17, 15) is 14.9 Å². The maximum absolute atomic E-state index is 12.8. The van der Waals surface area contributed by atoms with Crippen molar-refractivity contribution in [2.75, 3.05) is 13.1 Å². The van der Waals surface area contributed by atoms with Crippen molar-refractivity contribution in [3.63, 3.8) is 0 Å². The van der Waals surface area contributed by atoms with Crippen molar-refractivity contribution in [2.24, 2.45) is 11.7 Å². The van der Waals surface area contributed by atoms with E-state index in [-0.39, 0.29) is 35.7 Å². The number of nitro groups is 1. The van der Waals surface area contributed by atoms with Gasteiger partial charge in [0.25, 0.3) is 11.6 Å². The van der Waals surface area contributed by atoms with E-state index >= 15 is 0 Å². The summed E-state index contributed by atoms with van der Waals surface area (Å²) in [4.78, 5) is 25.1. The summed E-state index contributed by atoms with van der Waals surface area (Å²) in [5, 5.41) is 19.0. The number of nitro benzene ring substituents is 1. The molecular formula is C16H21ClN6O3. The molecule has 9 nitrogen and oxygen atoms in total. The Labute approximate surface area is 156 Å². The van der Waals surface area contributed by atoms with Gasteiger partial charge in [-0.1, -0.05) is 11.3 Å². The van der Waals surface area contributed by atoms with Gasteiger partial charge >= 0.3 is 0 Å². The van der Waals surface area contributed by atoms with Gasteiger partial charge in [-0.15, -0.1) is 17.5 Å². The molecule has 1 aromatic heterocycles. The first-order chi connectivity index (χ1) is 11.9. The van der Waals surface area contributed by atoms with Gasteiger partial charge in [0.15, 0.2) is 5.69 Å². The summed E-state index contributed by atoms with van der Waals surface area (Å²) >= 11 is 0. The Kier molecular flexibility index (Phi) is 5.94. The van der Waals surface area contributed by atoms with E-state index in [1.54, 1.807) is 24.0 Å². The molecule has 1 aliphatic heterocycles. The number of hydrogen-bond acceptors (Lipinski definition) is 6. The summed E-state index contributed by atoms with van der Waals surface area (Å²) in [5.41, 5.74) is 6.98. The molecule has 0 radical (unpaired) electrons. The van der Waals surface area contributed by atoms with Crippen LogP contribution in [-0.4, -0.2) is 49.9 Å². The van der Waals surface area contributed by atoms with Crippen LogP contribution in [0.25, 0.3) is 5.69 Å². The number of likely N-dealkylation sites (tertiary alicyclic amines) is 1. The van der Waals surface area contributed by atoms with Gasteiger partial charge in [-0.2, -0.15) is 0 Å². The number of nitrogens with two attached hydrogens (primary N) is 1. The van der Waals surface area contributed by atoms with Crippen molar-refractivity contribution < 1.29 is 9.72 Å². The van der Waals surface area contributed by atoms with Crippen LogP contribution in [0.1, 0.15) is 29.5 Å². The largest absolute Gasteiger partial charge is 0.334 e. The topological polar surface area (TPSA) is 120 Å². The standard InChI is InChI=1S/C16H20N6O3.ClH/c1-10-6-12(8-17)9-20(10)16(23)15-11(2)21(19-18-15)13-4-3-5-14(7-13)22(24)25;/h3-5,7,10,12H,6,8-9,17H2,1-2H3;1H. The monoisotopic (exact) mass is 380 g/mol. The van der Waals surface area contributed by atoms with Crippen LogP contribution in [0.2, 0.25) is 0 Å². The predicted molar refractivity (Wildman–Crippen MR) is 97.7 cm³/mol. The Morgan fingerprint density at radius 2 is 2.19 bits per heavy atom. The number of carbonyl (C=O) groups is 1. The predicted octanol–water partition coefficient (Wildman–Crippen LogP) is 1.72. The summed E-state index contributed by atoms with van der Waals surface area (Å²) in [6.45, 7) is 4.88. The number of carbonyl (C=O) groups excluding carboxylic acids is 1. The summed E-state index contributed by atoms with van der Waals surface area (Å²) in [6, 6.07) is 6.17. The van der Waals surface area contributed by atoms with Crippen molar-refractivity contribution in [1.82, 2.24) is 19.9 Å². The Balaban J connectivity index is 0.00000243. The Bertz CT molecular complexity index is 824. The second-order valence-corrected chi connectivity index (χ2v) is 6.36. The van der Waals surface area contributed by atoms with E-state index in [2.05, 4.69) is 10.3 Å². The molecule has 2 N–H and O–H groups in total. The molecule has 2 unspecified atom stereocenters. The van der Waals surface area contributed by atoms with Gasteiger partial charge in [0, 0.05) is 24.7 Å². The van der Waals surface area contributed by atoms with E-state index in [0.717, 1.165) is 6.42 Å². The number of amides is 1. The molecule has 10 heteroatoms. The second-order valence-electron chi connectivity index (χ2n) is 6.36. The SMILES string of the molecule is Cc1c(C(=O)N2CC(CN)CC2C)nnn1-c1cccc([N+](=O)[O-])c1.Cl. The van der Waals surface area contributed by atoms with Crippen LogP contribution in [0.5, 0.6) is 0 Å². The molecule has 0 aliphatic carbocycles. The van der Waals surface area contributed by atoms with Crippen molar-refractivity contribution in [3.8, 4) is 5.69 Å². The van der Waals surface area contributed by atoms with E-state index < -0.39 is 4.92 Å². The van der Waals surface area contributed by atoms with Crippen molar-refractivity contribution in [2.45, 2.75) is 26.3 Å². The van der Waals surface area contributed by atoms with Crippen molar-refractivity contribution in [3.05, 3.63) is 45.8 Å². The molecule has 26 heavy (non-hydrogen) atoms. The number of benzene rings is 1. The number of hydrogen-bond donors (Lipinski definition) is 1. The Hall–Kier alpha value is -2.52. The average Bonchev–Trinajstić information content (AvgIpc) is 3.17. The molecule has 1 aromatic carbocycles. The van der Waals surface area contributed by atoms with Crippen LogP contribution >= 0.6 is 12.4 Å². The zero-order chi connectivity index (χ0) is 18.1. The first-order valence-electron chi connectivity index (χ1n) is 8.10. The molecule has 3 rings (SSSR count). The highest BCUT2D eigenvalue weighted by Gasteiger charge is 2.34. The van der Waals surface area contributed by atoms with Crippen LogP contribution in [-0.2, 0) is 0 Å². The van der Waals surface area contributed by atoms with E-state index in [1.807, 2.05) is 6.92 Å². The molecule has 1 fully saturated rings. The Morgan fingerprint density at radius 1 is 1.46 bits per heavy atom. The highest BCUT2D eigenvalue weighted by atomic mass is 35.5. The van der Waals surface area contributed by atoms with Gasteiger partial charge in [-0.25, -0.2) is 4.68 Å². The molecule has 2 atom stereocenters. The maximum atomic E-state index is 12.8. The van der Waals surface area contributed by atoms with Gasteiger partial charge in [0.05, 0.1) is 16.3 Å². The van der Waals surface area contributed by atoms with Gasteiger partial charge in [-0.05, 0) is 38.8 Å². The fourth-order valence-electron chi connectivity index (χ4n) is 3.24. The molecule has 1 aliphatic rings. The lowest BCUT2D eigenvalue weighted by Crippen LogP contribution is -2.35. The fraction of sp³-hybridized carbons (Fsp3) is 0.438. The number of halogens is 1. The number of non-ortho nitro benzene ring substituents is 1. The lowest BCUT2D eigenvalue weighted by molar-refractivity contribution is -0.384. The van der Waals surface area contributed by atoms with Crippen molar-refractivity contribution in [1.29, 1.82) is 0 Å². The first-order valence-corrected chi connectivity index (χ1v) is 8.10.